The summed E-state index contributed by atoms with van der Waals surface area (Å²) in [6.07, 6.45) is 8.84. The summed E-state index contributed by atoms with van der Waals surface area (Å²) in [6, 6.07) is 11.5. The molecule has 0 spiro atoms. The number of carbonyl (C=O) groups is 1. The van der Waals surface area contributed by atoms with Crippen molar-refractivity contribution in [3.8, 4) is 0 Å². The Kier molecular flexibility index (Phi) is 6.16. The van der Waals surface area contributed by atoms with Gasteiger partial charge in [0.2, 0.25) is 0 Å². The molecule has 5 rings (SSSR count). The highest BCUT2D eigenvalue weighted by Crippen LogP contribution is 2.39. The van der Waals surface area contributed by atoms with E-state index < -0.39 is 23.6 Å². The number of aromatic amines is 1. The molecule has 3 aromatic rings. The summed E-state index contributed by atoms with van der Waals surface area (Å²) in [5, 5.41) is 12.4. The third-order valence-corrected chi connectivity index (χ3v) is 6.42. The number of rotatable bonds is 6. The maximum absolute atomic E-state index is 12.5. The van der Waals surface area contributed by atoms with Gasteiger partial charge in [0.25, 0.3) is 0 Å². The van der Waals surface area contributed by atoms with E-state index in [1.54, 1.807) is 0 Å². The van der Waals surface area contributed by atoms with E-state index in [-0.39, 0.29) is 0 Å². The number of aliphatic carboxylic acids is 1. The fraction of sp³-hybridized carbons (Fsp3) is 0.231. The van der Waals surface area contributed by atoms with Crippen LogP contribution in [0, 0.1) is 0 Å². The van der Waals surface area contributed by atoms with Gasteiger partial charge in [0.15, 0.2) is 5.96 Å². The third kappa shape index (κ3) is 4.65. The maximum Gasteiger partial charge on any atom is 0.323 e. The summed E-state index contributed by atoms with van der Waals surface area (Å²) >= 11 is 0. The molecule has 2 aliphatic rings. The molecule has 0 bridgehead atoms. The average molecular weight is 487 g/mol. The average Bonchev–Trinajstić information content (AvgIpc) is 3.34. The van der Waals surface area contributed by atoms with Crippen LogP contribution in [-0.2, 0) is 24.3 Å². The number of allylic oxidation sites excluding steroid dienone is 4. The molecule has 0 saturated heterocycles. The number of hydrogen-bond acceptors (Lipinski definition) is 4. The molecule has 10 heteroatoms. The molecule has 2 aliphatic carbocycles. The predicted octanol–water partition coefficient (Wildman–Crippen LogP) is 2.38. The van der Waals surface area contributed by atoms with Crippen molar-refractivity contribution in [2.24, 2.45) is 10.7 Å². The van der Waals surface area contributed by atoms with Crippen LogP contribution in [0.5, 0.6) is 0 Å². The van der Waals surface area contributed by atoms with Gasteiger partial charge in [0.1, 0.15) is 6.54 Å². The first-order chi connectivity index (χ1) is 17.4. The molecule has 36 heavy (non-hydrogen) atoms. The monoisotopic (exact) mass is 486 g/mol. The van der Waals surface area contributed by atoms with Crippen molar-refractivity contribution >= 4 is 28.9 Å². The molecule has 10 nitrogen and oxygen atoms in total. The molecule has 0 saturated carbocycles. The van der Waals surface area contributed by atoms with E-state index in [2.05, 4.69) is 15.3 Å². The van der Waals surface area contributed by atoms with Crippen LogP contribution < -0.4 is 22.2 Å². The Morgan fingerprint density at radius 2 is 1.89 bits per heavy atom. The zero-order valence-electron chi connectivity index (χ0n) is 19.5. The maximum atomic E-state index is 12.5. The largest absolute Gasteiger partial charge is 0.480 e. The van der Waals surface area contributed by atoms with E-state index >= 15 is 0 Å². The van der Waals surface area contributed by atoms with Gasteiger partial charge < -0.3 is 25.7 Å². The fourth-order valence-electron chi connectivity index (χ4n) is 4.74. The highest BCUT2D eigenvalue weighted by molar-refractivity contribution is 5.92. The van der Waals surface area contributed by atoms with Crippen LogP contribution in [-0.4, -0.2) is 31.2 Å². The van der Waals surface area contributed by atoms with E-state index in [1.807, 2.05) is 59.4 Å². The van der Waals surface area contributed by atoms with Gasteiger partial charge in [-0.05, 0) is 55.5 Å². The SMILES string of the molecule is NC(=NCc1ccn(C2=CC3=C(CC2)CCc2[nH]c(=O)c(=O)n(CC(=O)O)c23)c1)Nc1ccccc1. The number of nitrogens with zero attached hydrogens (tertiary/aromatic N) is 3. The van der Waals surface area contributed by atoms with Gasteiger partial charge in [-0.1, -0.05) is 23.8 Å². The minimum Gasteiger partial charge on any atom is -0.480 e. The molecule has 0 amide bonds. The van der Waals surface area contributed by atoms with Gasteiger partial charge in [-0.25, -0.2) is 4.99 Å². The Hall–Kier alpha value is -4.60. The second kappa shape index (κ2) is 9.57. The molecule has 5 N–H and O–H groups in total. The van der Waals surface area contributed by atoms with E-state index in [0.29, 0.717) is 30.3 Å². The number of fused-ring (bicyclic) bond motifs is 2. The van der Waals surface area contributed by atoms with Crippen LogP contribution in [0.1, 0.15) is 36.2 Å². The number of benzene rings is 1. The minimum absolute atomic E-state index is 0.324. The second-order valence-electron chi connectivity index (χ2n) is 8.84. The molecule has 2 aromatic heterocycles. The van der Waals surface area contributed by atoms with Crippen molar-refractivity contribution in [2.45, 2.75) is 38.8 Å². The van der Waals surface area contributed by atoms with Crippen molar-refractivity contribution in [1.29, 1.82) is 0 Å². The summed E-state index contributed by atoms with van der Waals surface area (Å²) in [6.45, 7) is -0.155. The van der Waals surface area contributed by atoms with E-state index in [1.165, 1.54) is 0 Å². The molecule has 0 unspecified atom stereocenters. The molecule has 2 heterocycles. The Morgan fingerprint density at radius 3 is 2.67 bits per heavy atom. The van der Waals surface area contributed by atoms with Crippen LogP contribution in [0.25, 0.3) is 11.3 Å². The lowest BCUT2D eigenvalue weighted by molar-refractivity contribution is -0.137. The fourth-order valence-corrected chi connectivity index (χ4v) is 4.74. The third-order valence-electron chi connectivity index (χ3n) is 6.42. The summed E-state index contributed by atoms with van der Waals surface area (Å²) in [5.74, 6) is -0.848. The van der Waals surface area contributed by atoms with Crippen molar-refractivity contribution < 1.29 is 9.90 Å². The number of aryl methyl sites for hydroxylation is 1. The molecule has 0 aliphatic heterocycles. The summed E-state index contributed by atoms with van der Waals surface area (Å²) < 4.78 is 3.10. The zero-order chi connectivity index (χ0) is 25.2. The first kappa shape index (κ1) is 23.2. The van der Waals surface area contributed by atoms with Gasteiger partial charge >= 0.3 is 17.1 Å². The highest BCUT2D eigenvalue weighted by atomic mass is 16.4. The number of nitrogens with two attached hydrogens (primary N) is 1. The number of H-pyrrole nitrogens is 1. The molecule has 0 atom stereocenters. The number of nitrogens with one attached hydrogen (secondary N) is 2. The highest BCUT2D eigenvalue weighted by Gasteiger charge is 2.27. The summed E-state index contributed by atoms with van der Waals surface area (Å²) in [5.41, 5.74) is 10.3. The number of para-hydroxylation sites is 1. The number of hydrogen-bond donors (Lipinski definition) is 4. The van der Waals surface area contributed by atoms with Crippen LogP contribution >= 0.6 is 0 Å². The Balaban J connectivity index is 1.41. The molecule has 184 valence electrons. The lowest BCUT2D eigenvalue weighted by Gasteiger charge is -2.28. The normalized spacial score (nSPS) is 15.2. The summed E-state index contributed by atoms with van der Waals surface area (Å²) in [7, 11) is 0. The van der Waals surface area contributed by atoms with E-state index in [4.69, 9.17) is 5.73 Å². The smallest absolute Gasteiger partial charge is 0.323 e. The number of carboxylic acids is 1. The number of guanidine groups is 1. The number of aromatic nitrogens is 3. The van der Waals surface area contributed by atoms with E-state index in [0.717, 1.165) is 51.9 Å². The topological polar surface area (TPSA) is 147 Å². The van der Waals surface area contributed by atoms with Gasteiger partial charge in [-0.2, -0.15) is 0 Å². The lowest BCUT2D eigenvalue weighted by Crippen LogP contribution is -2.41. The number of carboxylic acid groups (broad SMARTS) is 1. The van der Waals surface area contributed by atoms with Crippen LogP contribution in [0.2, 0.25) is 0 Å². The summed E-state index contributed by atoms with van der Waals surface area (Å²) in [4.78, 5) is 43.2. The first-order valence-corrected chi connectivity index (χ1v) is 11.7. The molecular weight excluding hydrogens is 460 g/mol. The number of aliphatic imine (C=N–C) groups is 1. The first-order valence-electron chi connectivity index (χ1n) is 11.7. The van der Waals surface area contributed by atoms with Gasteiger partial charge in [0, 0.05) is 35.0 Å². The minimum atomic E-state index is -1.17. The molecule has 0 fully saturated rings. The number of anilines is 1. The van der Waals surface area contributed by atoms with Crippen molar-refractivity contribution in [2.75, 3.05) is 5.32 Å². The van der Waals surface area contributed by atoms with E-state index in [9.17, 15) is 19.5 Å². The van der Waals surface area contributed by atoms with Crippen LogP contribution in [0.3, 0.4) is 0 Å². The lowest BCUT2D eigenvalue weighted by atomic mass is 9.84. The molecular formula is C26H26N6O4. The standard InChI is InChI=1S/C26H26N6O4/c27-26(29-18-4-2-1-3-5-18)28-13-16-10-11-31(14-16)19-8-6-17-7-9-21-23(20(17)12-19)32(15-22(33)34)25(36)24(35)30-21/h1-5,10-12,14H,6-9,13,15H2,(H,30,35)(H,33,34)(H3,27,28,29). The van der Waals surface area contributed by atoms with Crippen LogP contribution in [0.15, 0.2) is 75.0 Å². The Bertz CT molecular complexity index is 1540. The van der Waals surface area contributed by atoms with Crippen molar-refractivity contribution in [3.63, 3.8) is 0 Å². The molecule has 1 aromatic carbocycles. The quantitative estimate of drug-likeness (QED) is 0.239. The zero-order valence-corrected chi connectivity index (χ0v) is 19.5. The van der Waals surface area contributed by atoms with Gasteiger partial charge in [-0.15, -0.1) is 0 Å². The van der Waals surface area contributed by atoms with Crippen LogP contribution in [0.4, 0.5) is 5.69 Å². The van der Waals surface area contributed by atoms with Crippen molar-refractivity contribution in [3.05, 3.63) is 98.1 Å². The Morgan fingerprint density at radius 1 is 1.11 bits per heavy atom. The second-order valence-corrected chi connectivity index (χ2v) is 8.84. The van der Waals surface area contributed by atoms with Gasteiger partial charge in [-0.3, -0.25) is 19.0 Å². The van der Waals surface area contributed by atoms with Crippen molar-refractivity contribution in [1.82, 2.24) is 14.1 Å². The molecule has 0 radical (unpaired) electrons. The predicted molar refractivity (Wildman–Crippen MR) is 138 cm³/mol. The Labute approximate surface area is 206 Å². The van der Waals surface area contributed by atoms with Gasteiger partial charge in [0.05, 0.1) is 12.2 Å².